The molecule has 1 N–H and O–H groups in total. The molecule has 0 saturated heterocycles. The second-order valence-electron chi connectivity index (χ2n) is 6.61. The maximum atomic E-state index is 12.8. The summed E-state index contributed by atoms with van der Waals surface area (Å²) in [5.74, 6) is -0.444. The molecular formula is C18H21BrF2N2O3. The number of hydrogen-bond donors (Lipinski definition) is 1. The van der Waals surface area contributed by atoms with Gasteiger partial charge in [-0.3, -0.25) is 0 Å². The number of methoxy groups -OCH3 is 1. The molecule has 1 aliphatic carbocycles. The molecule has 3 rings (SSSR count). The second-order valence-corrected chi connectivity index (χ2v) is 7.42. The van der Waals surface area contributed by atoms with Gasteiger partial charge in [0.05, 0.1) is 23.9 Å². The van der Waals surface area contributed by atoms with Crippen LogP contribution in [0.5, 0.6) is 0 Å². The maximum Gasteiger partial charge on any atom is 0.337 e. The molecule has 0 atom stereocenters. The minimum Gasteiger partial charge on any atom is -0.449 e. The van der Waals surface area contributed by atoms with Gasteiger partial charge in [0, 0.05) is 19.7 Å². The number of ether oxygens (including phenoxy) is 2. The predicted molar refractivity (Wildman–Crippen MR) is 94.8 cm³/mol. The number of aromatic nitrogens is 1. The zero-order chi connectivity index (χ0) is 18.7. The molecule has 2 aliphatic rings. The van der Waals surface area contributed by atoms with Crippen LogP contribution in [0.25, 0.3) is 0 Å². The van der Waals surface area contributed by atoms with Crippen molar-refractivity contribution in [2.45, 2.75) is 50.2 Å². The summed E-state index contributed by atoms with van der Waals surface area (Å²) in [7, 11) is 1.65. The van der Waals surface area contributed by atoms with E-state index in [0.717, 1.165) is 18.4 Å². The van der Waals surface area contributed by atoms with E-state index in [1.807, 2.05) is 6.07 Å². The zero-order valence-corrected chi connectivity index (χ0v) is 16.0. The van der Waals surface area contributed by atoms with Crippen molar-refractivity contribution in [3.63, 3.8) is 0 Å². The number of nitrogens with one attached hydrogen (secondary N) is 1. The molecule has 0 bridgehead atoms. The minimum atomic E-state index is -2.51. The number of alkyl halides is 2. The highest BCUT2D eigenvalue weighted by atomic mass is 79.9. The van der Waals surface area contributed by atoms with E-state index in [1.165, 1.54) is 0 Å². The molecule has 0 aromatic carbocycles. The molecule has 0 unspecified atom stereocenters. The molecule has 1 fully saturated rings. The van der Waals surface area contributed by atoms with E-state index in [1.54, 1.807) is 19.4 Å². The number of halogens is 3. The van der Waals surface area contributed by atoms with Crippen LogP contribution in [0.4, 0.5) is 8.78 Å². The molecule has 1 aromatic heterocycles. The van der Waals surface area contributed by atoms with Gasteiger partial charge in [0.2, 0.25) is 0 Å². The van der Waals surface area contributed by atoms with E-state index in [0.29, 0.717) is 35.1 Å². The molecule has 8 heteroatoms. The molecule has 1 aliphatic heterocycles. The Balaban J connectivity index is 1.89. The lowest BCUT2D eigenvalue weighted by Crippen LogP contribution is -2.43. The molecule has 2 heterocycles. The van der Waals surface area contributed by atoms with E-state index >= 15 is 0 Å². The fourth-order valence-corrected chi connectivity index (χ4v) is 3.87. The first-order valence-corrected chi connectivity index (χ1v) is 9.35. The van der Waals surface area contributed by atoms with E-state index < -0.39 is 24.5 Å². The first-order chi connectivity index (χ1) is 12.4. The van der Waals surface area contributed by atoms with Crippen molar-refractivity contribution in [3.8, 4) is 0 Å². The summed E-state index contributed by atoms with van der Waals surface area (Å²) in [6.07, 6.45) is 2.10. The normalized spacial score (nSPS) is 25.9. The van der Waals surface area contributed by atoms with Gasteiger partial charge in [-0.1, -0.05) is 6.07 Å². The molecule has 1 spiro atoms. The lowest BCUT2D eigenvalue weighted by atomic mass is 9.80. The number of hydrogen-bond acceptors (Lipinski definition) is 5. The molecule has 0 amide bonds. The lowest BCUT2D eigenvalue weighted by molar-refractivity contribution is -0.151. The fraction of sp³-hybridized carbons (Fsp3) is 0.556. The topological polar surface area (TPSA) is 60.5 Å². The number of carbonyl (C=O) groups excluding carboxylic acids is 1. The average Bonchev–Trinajstić information content (AvgIpc) is 2.86. The van der Waals surface area contributed by atoms with Crippen molar-refractivity contribution in [2.75, 3.05) is 13.7 Å². The van der Waals surface area contributed by atoms with Gasteiger partial charge in [-0.25, -0.2) is 18.6 Å². The Hall–Kier alpha value is -1.54. The summed E-state index contributed by atoms with van der Waals surface area (Å²) < 4.78 is 37.4. The smallest absolute Gasteiger partial charge is 0.337 e. The van der Waals surface area contributed by atoms with Gasteiger partial charge < -0.3 is 14.8 Å². The van der Waals surface area contributed by atoms with Crippen LogP contribution in [0.15, 0.2) is 34.2 Å². The lowest BCUT2D eigenvalue weighted by Gasteiger charge is -2.37. The number of nitrogens with zero attached hydrogens (tertiary/aromatic N) is 1. The number of esters is 1. The van der Waals surface area contributed by atoms with Crippen LogP contribution >= 0.6 is 15.9 Å². The molecule has 1 aromatic rings. The Morgan fingerprint density at radius 1 is 1.42 bits per heavy atom. The van der Waals surface area contributed by atoms with E-state index in [9.17, 15) is 13.6 Å². The van der Waals surface area contributed by atoms with Gasteiger partial charge in [-0.2, -0.15) is 0 Å². The largest absolute Gasteiger partial charge is 0.449 e. The van der Waals surface area contributed by atoms with E-state index in [2.05, 4.69) is 26.2 Å². The van der Waals surface area contributed by atoms with Gasteiger partial charge in [-0.05, 0) is 53.2 Å². The first-order valence-electron chi connectivity index (χ1n) is 8.56. The third-order valence-corrected chi connectivity index (χ3v) is 5.44. The molecule has 142 valence electrons. The van der Waals surface area contributed by atoms with Crippen LogP contribution < -0.4 is 5.32 Å². The number of rotatable bonds is 6. The van der Waals surface area contributed by atoms with Crippen molar-refractivity contribution in [1.82, 2.24) is 10.3 Å². The van der Waals surface area contributed by atoms with Gasteiger partial charge in [0.25, 0.3) is 6.43 Å². The highest BCUT2D eigenvalue weighted by molar-refractivity contribution is 9.10. The van der Waals surface area contributed by atoms with Gasteiger partial charge in [0.1, 0.15) is 4.60 Å². The first kappa shape index (κ1) is 19.2. The molecule has 0 radical (unpaired) electrons. The average molecular weight is 431 g/mol. The monoisotopic (exact) mass is 430 g/mol. The molecule has 1 saturated carbocycles. The van der Waals surface area contributed by atoms with Gasteiger partial charge in [-0.15, -0.1) is 0 Å². The Labute approximate surface area is 159 Å². The number of carbonyl (C=O) groups is 1. The van der Waals surface area contributed by atoms with Gasteiger partial charge >= 0.3 is 5.97 Å². The SMILES string of the molecule is COC1CCC2(CC1)OC(=O)C(Cc1ccc(Br)nc1)=C2NCC(F)F. The van der Waals surface area contributed by atoms with Gasteiger partial charge in [0.15, 0.2) is 5.60 Å². The third kappa shape index (κ3) is 4.06. The van der Waals surface area contributed by atoms with Crippen LogP contribution in [0.3, 0.4) is 0 Å². The minimum absolute atomic E-state index is 0.107. The Kier molecular flexibility index (Phi) is 5.92. The van der Waals surface area contributed by atoms with Crippen molar-refractivity contribution < 1.29 is 23.0 Å². The summed E-state index contributed by atoms with van der Waals surface area (Å²) in [5.41, 5.74) is 0.879. The van der Waals surface area contributed by atoms with Crippen molar-refractivity contribution >= 4 is 21.9 Å². The summed E-state index contributed by atoms with van der Waals surface area (Å²) in [4.78, 5) is 16.7. The van der Waals surface area contributed by atoms with Crippen LogP contribution in [0.1, 0.15) is 31.2 Å². The Bertz CT molecular complexity index is 686. The zero-order valence-electron chi connectivity index (χ0n) is 14.4. The second kappa shape index (κ2) is 8.00. The highest BCUT2D eigenvalue weighted by Crippen LogP contribution is 2.44. The standard InChI is InChI=1S/C18H21BrF2N2O3/c1-25-12-4-6-18(7-5-12)16(23-10-15(20)21)13(17(24)26-18)8-11-2-3-14(19)22-9-11/h2-3,9,12,15,23H,4-8,10H2,1H3. The quantitative estimate of drug-likeness (QED) is 0.553. The maximum absolute atomic E-state index is 12.8. The van der Waals surface area contributed by atoms with E-state index in [-0.39, 0.29) is 6.10 Å². The highest BCUT2D eigenvalue weighted by Gasteiger charge is 2.49. The summed E-state index contributed by atoms with van der Waals surface area (Å²) >= 11 is 3.27. The van der Waals surface area contributed by atoms with Crippen molar-refractivity contribution in [3.05, 3.63) is 39.8 Å². The van der Waals surface area contributed by atoms with Crippen LogP contribution in [-0.2, 0) is 20.7 Å². The van der Waals surface area contributed by atoms with Crippen molar-refractivity contribution in [1.29, 1.82) is 0 Å². The van der Waals surface area contributed by atoms with Crippen LogP contribution in [0.2, 0.25) is 0 Å². The Morgan fingerprint density at radius 3 is 2.73 bits per heavy atom. The molecule has 5 nitrogen and oxygen atoms in total. The molecular weight excluding hydrogens is 410 g/mol. The van der Waals surface area contributed by atoms with E-state index in [4.69, 9.17) is 9.47 Å². The summed E-state index contributed by atoms with van der Waals surface area (Å²) in [5, 5.41) is 2.80. The van der Waals surface area contributed by atoms with Crippen LogP contribution in [-0.4, -0.2) is 42.7 Å². The predicted octanol–water partition coefficient (Wildman–Crippen LogP) is 3.38. The van der Waals surface area contributed by atoms with Crippen LogP contribution in [0, 0.1) is 0 Å². The van der Waals surface area contributed by atoms with Crippen molar-refractivity contribution in [2.24, 2.45) is 0 Å². The summed E-state index contributed by atoms with van der Waals surface area (Å²) in [6, 6.07) is 3.62. The Morgan fingerprint density at radius 2 is 2.15 bits per heavy atom. The fourth-order valence-electron chi connectivity index (χ4n) is 3.64. The molecule has 26 heavy (non-hydrogen) atoms. The third-order valence-electron chi connectivity index (χ3n) is 4.97. The number of pyridine rings is 1. The summed E-state index contributed by atoms with van der Waals surface area (Å²) in [6.45, 7) is -0.510.